The molecule has 0 heterocycles. The molecule has 0 spiro atoms. The molecule has 0 atom stereocenters. The van der Waals surface area contributed by atoms with Crippen molar-refractivity contribution < 1.29 is 4.79 Å². The lowest BCUT2D eigenvalue weighted by Gasteiger charge is -2.00. The highest BCUT2D eigenvalue weighted by molar-refractivity contribution is 6.04. The van der Waals surface area contributed by atoms with Crippen LogP contribution in [0.25, 0.3) is 0 Å². The van der Waals surface area contributed by atoms with Crippen LogP contribution < -0.4 is 5.32 Å². The predicted molar refractivity (Wildman–Crippen MR) is 74.7 cm³/mol. The number of ketones is 1. The molecule has 90 valence electrons. The van der Waals surface area contributed by atoms with Gasteiger partial charge in [0.15, 0.2) is 5.78 Å². The molecule has 0 unspecified atom stereocenters. The largest absolute Gasteiger partial charge is 0.362 e. The zero-order valence-electron chi connectivity index (χ0n) is 10.3. The fourth-order valence-corrected chi connectivity index (χ4v) is 1.56. The van der Waals surface area contributed by atoms with E-state index in [0.717, 1.165) is 5.69 Å². The van der Waals surface area contributed by atoms with Gasteiger partial charge >= 0.3 is 0 Å². The zero-order chi connectivity index (χ0) is 12.8. The van der Waals surface area contributed by atoms with Crippen molar-refractivity contribution in [3.05, 3.63) is 78.0 Å². The van der Waals surface area contributed by atoms with E-state index in [0.29, 0.717) is 5.56 Å². The monoisotopic (exact) mass is 237 g/mol. The maximum absolute atomic E-state index is 11.8. The first-order valence-electron chi connectivity index (χ1n) is 5.85. The Balaban J connectivity index is 1.96. The molecule has 2 aromatic rings. The van der Waals surface area contributed by atoms with Gasteiger partial charge in [0.05, 0.1) is 0 Å². The maximum atomic E-state index is 11.8. The summed E-state index contributed by atoms with van der Waals surface area (Å²) in [5, 5.41) is 3.07. The summed E-state index contributed by atoms with van der Waals surface area (Å²) in [6.07, 6.45) is 3.20. The van der Waals surface area contributed by atoms with Crippen LogP contribution in [0, 0.1) is 6.92 Å². The first-order chi connectivity index (χ1) is 8.75. The molecular formula is C16H15NO. The Bertz CT molecular complexity index is 541. The minimum atomic E-state index is -0.00443. The molecule has 18 heavy (non-hydrogen) atoms. The maximum Gasteiger partial charge on any atom is 0.187 e. The lowest BCUT2D eigenvalue weighted by atomic mass is 10.1. The average molecular weight is 237 g/mol. The van der Waals surface area contributed by atoms with E-state index < -0.39 is 0 Å². The molecule has 0 aliphatic carbocycles. The smallest absolute Gasteiger partial charge is 0.187 e. The Morgan fingerprint density at radius 1 is 1.00 bits per heavy atom. The number of rotatable bonds is 4. The van der Waals surface area contributed by atoms with Crippen LogP contribution in [-0.4, -0.2) is 5.78 Å². The molecule has 0 saturated heterocycles. The van der Waals surface area contributed by atoms with Crippen molar-refractivity contribution in [3.63, 3.8) is 0 Å². The normalized spacial score (nSPS) is 10.5. The Morgan fingerprint density at radius 2 is 1.67 bits per heavy atom. The summed E-state index contributed by atoms with van der Waals surface area (Å²) in [5.74, 6) is -0.00443. The summed E-state index contributed by atoms with van der Waals surface area (Å²) in [5.41, 5.74) is 2.88. The molecule has 2 heteroatoms. The number of anilines is 1. The number of carbonyl (C=O) groups is 1. The van der Waals surface area contributed by atoms with E-state index in [1.54, 1.807) is 18.3 Å². The summed E-state index contributed by atoms with van der Waals surface area (Å²) >= 11 is 0. The summed E-state index contributed by atoms with van der Waals surface area (Å²) in [6.45, 7) is 2.04. The number of carbonyl (C=O) groups excluding carboxylic acids is 1. The van der Waals surface area contributed by atoms with E-state index in [-0.39, 0.29) is 5.78 Å². The van der Waals surface area contributed by atoms with E-state index in [1.807, 2.05) is 49.4 Å². The molecule has 0 saturated carbocycles. The van der Waals surface area contributed by atoms with Gasteiger partial charge in [0.2, 0.25) is 0 Å². The second-order valence-electron chi connectivity index (χ2n) is 4.07. The number of nitrogens with one attached hydrogen (secondary N) is 1. The van der Waals surface area contributed by atoms with Gasteiger partial charge in [-0.2, -0.15) is 0 Å². The summed E-state index contributed by atoms with van der Waals surface area (Å²) < 4.78 is 0. The highest BCUT2D eigenvalue weighted by Gasteiger charge is 1.98. The number of allylic oxidation sites excluding steroid dienone is 1. The molecule has 2 nitrogen and oxygen atoms in total. The quantitative estimate of drug-likeness (QED) is 0.647. The molecular weight excluding hydrogens is 222 g/mol. The van der Waals surface area contributed by atoms with Crippen molar-refractivity contribution in [2.24, 2.45) is 0 Å². The summed E-state index contributed by atoms with van der Waals surface area (Å²) in [4.78, 5) is 11.8. The van der Waals surface area contributed by atoms with Crippen LogP contribution in [0.1, 0.15) is 15.9 Å². The third-order valence-corrected chi connectivity index (χ3v) is 2.59. The van der Waals surface area contributed by atoms with E-state index in [9.17, 15) is 4.79 Å². The molecule has 0 radical (unpaired) electrons. The standard InChI is InChI=1S/C16H15NO/c1-13-7-9-15(10-8-13)17-12-11-16(18)14-5-3-2-4-6-14/h2-12,17H,1H3/b12-11-. The fraction of sp³-hybridized carbons (Fsp3) is 0.0625. The second-order valence-corrected chi connectivity index (χ2v) is 4.07. The molecule has 0 bridgehead atoms. The van der Waals surface area contributed by atoms with Crippen LogP contribution in [0.5, 0.6) is 0 Å². The van der Waals surface area contributed by atoms with Crippen molar-refractivity contribution in [3.8, 4) is 0 Å². The third kappa shape index (κ3) is 3.32. The summed E-state index contributed by atoms with van der Waals surface area (Å²) in [7, 11) is 0. The molecule has 0 aliphatic heterocycles. The van der Waals surface area contributed by atoms with Gasteiger partial charge in [-0.25, -0.2) is 0 Å². The first kappa shape index (κ1) is 12.1. The highest BCUT2D eigenvalue weighted by atomic mass is 16.1. The van der Waals surface area contributed by atoms with Crippen molar-refractivity contribution in [1.82, 2.24) is 0 Å². The number of aryl methyl sites for hydroxylation is 1. The van der Waals surface area contributed by atoms with Gasteiger partial charge in [0.1, 0.15) is 0 Å². The van der Waals surface area contributed by atoms with Gasteiger partial charge in [0.25, 0.3) is 0 Å². The van der Waals surface area contributed by atoms with Crippen molar-refractivity contribution in [2.75, 3.05) is 5.32 Å². The van der Waals surface area contributed by atoms with E-state index in [2.05, 4.69) is 5.32 Å². The van der Waals surface area contributed by atoms with Crippen LogP contribution in [0.15, 0.2) is 66.9 Å². The topological polar surface area (TPSA) is 29.1 Å². The SMILES string of the molecule is Cc1ccc(N/C=C\C(=O)c2ccccc2)cc1. The second kappa shape index (κ2) is 5.82. The Labute approximate surface area is 107 Å². The molecule has 1 N–H and O–H groups in total. The van der Waals surface area contributed by atoms with Gasteiger partial charge in [-0.1, -0.05) is 48.0 Å². The van der Waals surface area contributed by atoms with Crippen LogP contribution in [0.2, 0.25) is 0 Å². The van der Waals surface area contributed by atoms with Crippen molar-refractivity contribution >= 4 is 11.5 Å². The Hall–Kier alpha value is -2.35. The van der Waals surface area contributed by atoms with Crippen LogP contribution in [0.4, 0.5) is 5.69 Å². The molecule has 0 aliphatic rings. The Kier molecular flexibility index (Phi) is 3.92. The molecule has 0 aromatic heterocycles. The van der Waals surface area contributed by atoms with Crippen LogP contribution >= 0.6 is 0 Å². The lowest BCUT2D eigenvalue weighted by Crippen LogP contribution is -1.95. The first-order valence-corrected chi connectivity index (χ1v) is 5.85. The average Bonchev–Trinajstić information content (AvgIpc) is 2.42. The molecule has 2 aromatic carbocycles. The van der Waals surface area contributed by atoms with Crippen LogP contribution in [-0.2, 0) is 0 Å². The minimum Gasteiger partial charge on any atom is -0.362 e. The fourth-order valence-electron chi connectivity index (χ4n) is 1.56. The van der Waals surface area contributed by atoms with E-state index in [1.165, 1.54) is 11.6 Å². The van der Waals surface area contributed by atoms with Gasteiger partial charge in [-0.15, -0.1) is 0 Å². The number of benzene rings is 2. The molecule has 2 rings (SSSR count). The Morgan fingerprint density at radius 3 is 2.33 bits per heavy atom. The van der Waals surface area contributed by atoms with Gasteiger partial charge in [-0.05, 0) is 19.1 Å². The predicted octanol–water partition coefficient (Wildman–Crippen LogP) is 3.80. The molecule has 0 fully saturated rings. The van der Waals surface area contributed by atoms with E-state index in [4.69, 9.17) is 0 Å². The number of hydrogen-bond acceptors (Lipinski definition) is 2. The van der Waals surface area contributed by atoms with Gasteiger partial charge < -0.3 is 5.32 Å². The van der Waals surface area contributed by atoms with E-state index >= 15 is 0 Å². The molecule has 0 amide bonds. The minimum absolute atomic E-state index is 0.00443. The highest BCUT2D eigenvalue weighted by Crippen LogP contribution is 2.08. The van der Waals surface area contributed by atoms with Gasteiger partial charge in [-0.3, -0.25) is 4.79 Å². The van der Waals surface area contributed by atoms with Gasteiger partial charge in [0, 0.05) is 23.5 Å². The number of hydrogen-bond donors (Lipinski definition) is 1. The third-order valence-electron chi connectivity index (χ3n) is 2.59. The van der Waals surface area contributed by atoms with Crippen molar-refractivity contribution in [1.29, 1.82) is 0 Å². The summed E-state index contributed by atoms with van der Waals surface area (Å²) in [6, 6.07) is 17.2. The lowest BCUT2D eigenvalue weighted by molar-refractivity contribution is 0.104. The van der Waals surface area contributed by atoms with Crippen LogP contribution in [0.3, 0.4) is 0 Å². The zero-order valence-corrected chi connectivity index (χ0v) is 10.3. The van der Waals surface area contributed by atoms with Crippen molar-refractivity contribution in [2.45, 2.75) is 6.92 Å².